The van der Waals surface area contributed by atoms with Crippen molar-refractivity contribution < 1.29 is 4.74 Å². The second kappa shape index (κ2) is 8.92. The van der Waals surface area contributed by atoms with Gasteiger partial charge < -0.3 is 20.3 Å². The van der Waals surface area contributed by atoms with Crippen LogP contribution in [-0.2, 0) is 11.3 Å². The van der Waals surface area contributed by atoms with E-state index in [0.717, 1.165) is 56.2 Å². The van der Waals surface area contributed by atoms with Crippen LogP contribution in [0.3, 0.4) is 0 Å². The average Bonchev–Trinajstić information content (AvgIpc) is 3.01. The van der Waals surface area contributed by atoms with Gasteiger partial charge in [-0.3, -0.25) is 9.89 Å². The highest BCUT2D eigenvalue weighted by Gasteiger charge is 2.10. The second-order valence-corrected chi connectivity index (χ2v) is 6.16. The van der Waals surface area contributed by atoms with Crippen LogP contribution in [0.1, 0.15) is 5.69 Å². The Bertz CT molecular complexity index is 470. The number of guanidine groups is 1. The number of hydrogen-bond acceptors (Lipinski definition) is 6. The van der Waals surface area contributed by atoms with E-state index in [0.29, 0.717) is 6.54 Å². The van der Waals surface area contributed by atoms with Gasteiger partial charge in [0.15, 0.2) is 11.1 Å². The van der Waals surface area contributed by atoms with Crippen molar-refractivity contribution in [2.75, 3.05) is 65.4 Å². The molecule has 0 atom stereocenters. The summed E-state index contributed by atoms with van der Waals surface area (Å²) in [6.07, 6.45) is 0. The van der Waals surface area contributed by atoms with Gasteiger partial charge in [-0.25, -0.2) is 4.98 Å². The molecule has 1 aliphatic heterocycles. The van der Waals surface area contributed by atoms with Crippen molar-refractivity contribution in [3.63, 3.8) is 0 Å². The standard InChI is InChI=1S/C14H26N6OS/c1-15-13(16-4-5-20-6-8-21-9-7-20)17-10-12-11-22-14(18-12)19(2)3/h11H,4-10H2,1-3H3,(H2,15,16,17). The van der Waals surface area contributed by atoms with Crippen molar-refractivity contribution in [3.8, 4) is 0 Å². The molecule has 1 aromatic rings. The van der Waals surface area contributed by atoms with E-state index in [9.17, 15) is 0 Å². The molecule has 22 heavy (non-hydrogen) atoms. The van der Waals surface area contributed by atoms with Crippen LogP contribution in [0.2, 0.25) is 0 Å². The van der Waals surface area contributed by atoms with Gasteiger partial charge in [-0.05, 0) is 0 Å². The Labute approximate surface area is 136 Å². The minimum Gasteiger partial charge on any atom is -0.379 e. The Hall–Kier alpha value is -1.38. The Balaban J connectivity index is 1.68. The van der Waals surface area contributed by atoms with Crippen LogP contribution in [0.4, 0.5) is 5.13 Å². The van der Waals surface area contributed by atoms with Gasteiger partial charge in [-0.15, -0.1) is 11.3 Å². The predicted molar refractivity (Wildman–Crippen MR) is 91.9 cm³/mol. The van der Waals surface area contributed by atoms with Gasteiger partial charge in [0.25, 0.3) is 0 Å². The molecule has 1 aromatic heterocycles. The molecule has 0 aliphatic carbocycles. The molecule has 0 unspecified atom stereocenters. The molecule has 0 aromatic carbocycles. The van der Waals surface area contributed by atoms with E-state index in [4.69, 9.17) is 4.74 Å². The summed E-state index contributed by atoms with van der Waals surface area (Å²) in [5.41, 5.74) is 1.03. The number of aliphatic imine (C=N–C) groups is 1. The van der Waals surface area contributed by atoms with Crippen LogP contribution in [0, 0.1) is 0 Å². The number of nitrogens with one attached hydrogen (secondary N) is 2. The molecule has 2 N–H and O–H groups in total. The lowest BCUT2D eigenvalue weighted by atomic mass is 10.4. The fourth-order valence-corrected chi connectivity index (χ4v) is 2.89. The number of hydrogen-bond donors (Lipinski definition) is 2. The zero-order chi connectivity index (χ0) is 15.8. The summed E-state index contributed by atoms with van der Waals surface area (Å²) in [5, 5.41) is 9.73. The summed E-state index contributed by atoms with van der Waals surface area (Å²) in [7, 11) is 5.79. The SMILES string of the molecule is CN=C(NCCN1CCOCC1)NCc1csc(N(C)C)n1. The lowest BCUT2D eigenvalue weighted by Crippen LogP contribution is -2.44. The summed E-state index contributed by atoms with van der Waals surface area (Å²) in [4.78, 5) is 13.2. The van der Waals surface area contributed by atoms with Crippen molar-refractivity contribution >= 4 is 22.4 Å². The maximum Gasteiger partial charge on any atom is 0.191 e. The molecule has 0 radical (unpaired) electrons. The highest BCUT2D eigenvalue weighted by Crippen LogP contribution is 2.17. The fraction of sp³-hybridized carbons (Fsp3) is 0.714. The number of thiazole rings is 1. The lowest BCUT2D eigenvalue weighted by Gasteiger charge is -2.26. The summed E-state index contributed by atoms with van der Waals surface area (Å²) < 4.78 is 5.35. The van der Waals surface area contributed by atoms with Crippen molar-refractivity contribution in [2.24, 2.45) is 4.99 Å². The fourth-order valence-electron chi connectivity index (χ4n) is 2.13. The first-order valence-electron chi connectivity index (χ1n) is 7.55. The van der Waals surface area contributed by atoms with Crippen LogP contribution < -0.4 is 15.5 Å². The van der Waals surface area contributed by atoms with Gasteiger partial charge in [0, 0.05) is 52.7 Å². The minimum absolute atomic E-state index is 0.682. The van der Waals surface area contributed by atoms with Crippen LogP contribution in [0.25, 0.3) is 0 Å². The van der Waals surface area contributed by atoms with Crippen molar-refractivity contribution in [2.45, 2.75) is 6.54 Å². The van der Waals surface area contributed by atoms with Gasteiger partial charge in [-0.1, -0.05) is 0 Å². The average molecular weight is 326 g/mol. The number of aromatic nitrogens is 1. The first kappa shape index (κ1) is 17.0. The summed E-state index contributed by atoms with van der Waals surface area (Å²) in [5.74, 6) is 0.813. The van der Waals surface area contributed by atoms with Crippen molar-refractivity contribution in [3.05, 3.63) is 11.1 Å². The molecule has 0 amide bonds. The van der Waals surface area contributed by atoms with E-state index < -0.39 is 0 Å². The molecule has 0 spiro atoms. The third kappa shape index (κ3) is 5.43. The Morgan fingerprint density at radius 2 is 2.18 bits per heavy atom. The van der Waals surface area contributed by atoms with Gasteiger partial charge in [0.1, 0.15) is 0 Å². The molecule has 1 saturated heterocycles. The van der Waals surface area contributed by atoms with Crippen LogP contribution in [0.15, 0.2) is 10.4 Å². The van der Waals surface area contributed by atoms with Gasteiger partial charge >= 0.3 is 0 Å². The molecule has 8 heteroatoms. The van der Waals surface area contributed by atoms with E-state index in [1.807, 2.05) is 19.0 Å². The Kier molecular flexibility index (Phi) is 6.88. The molecule has 0 bridgehead atoms. The topological polar surface area (TPSA) is 65.0 Å². The first-order valence-corrected chi connectivity index (χ1v) is 8.43. The lowest BCUT2D eigenvalue weighted by molar-refractivity contribution is 0.0389. The predicted octanol–water partition coefficient (Wildman–Crippen LogP) is 0.206. The van der Waals surface area contributed by atoms with Crippen LogP contribution in [0.5, 0.6) is 0 Å². The number of ether oxygens (including phenoxy) is 1. The van der Waals surface area contributed by atoms with Gasteiger partial charge in [-0.2, -0.15) is 0 Å². The normalized spacial score (nSPS) is 16.6. The highest BCUT2D eigenvalue weighted by atomic mass is 32.1. The second-order valence-electron chi connectivity index (χ2n) is 5.32. The van der Waals surface area contributed by atoms with E-state index >= 15 is 0 Å². The molecular formula is C14H26N6OS. The zero-order valence-corrected chi connectivity index (χ0v) is 14.4. The number of nitrogens with zero attached hydrogens (tertiary/aromatic N) is 4. The summed E-state index contributed by atoms with van der Waals surface area (Å²) in [6.45, 7) is 6.27. The largest absolute Gasteiger partial charge is 0.379 e. The van der Waals surface area contributed by atoms with Crippen LogP contribution >= 0.6 is 11.3 Å². The van der Waals surface area contributed by atoms with E-state index in [-0.39, 0.29) is 0 Å². The number of rotatable bonds is 6. The monoisotopic (exact) mass is 326 g/mol. The van der Waals surface area contributed by atoms with Gasteiger partial charge in [0.05, 0.1) is 25.5 Å². The molecule has 1 aliphatic rings. The van der Waals surface area contributed by atoms with E-state index in [1.54, 1.807) is 18.4 Å². The third-order valence-corrected chi connectivity index (χ3v) is 4.46. The molecule has 7 nitrogen and oxygen atoms in total. The maximum atomic E-state index is 5.35. The van der Waals surface area contributed by atoms with Gasteiger partial charge in [0.2, 0.25) is 0 Å². The Morgan fingerprint density at radius 3 is 2.82 bits per heavy atom. The summed E-state index contributed by atoms with van der Waals surface area (Å²) in [6, 6.07) is 0. The zero-order valence-electron chi connectivity index (χ0n) is 13.6. The smallest absolute Gasteiger partial charge is 0.191 e. The highest BCUT2D eigenvalue weighted by molar-refractivity contribution is 7.13. The minimum atomic E-state index is 0.682. The van der Waals surface area contributed by atoms with Crippen LogP contribution in [-0.4, -0.2) is 76.4 Å². The molecule has 2 heterocycles. The first-order chi connectivity index (χ1) is 10.7. The Morgan fingerprint density at radius 1 is 1.41 bits per heavy atom. The molecule has 2 rings (SSSR count). The van der Waals surface area contributed by atoms with E-state index in [1.165, 1.54) is 0 Å². The summed E-state index contributed by atoms with van der Waals surface area (Å²) >= 11 is 1.65. The molecule has 0 saturated carbocycles. The maximum absolute atomic E-state index is 5.35. The molecule has 1 fully saturated rings. The third-order valence-electron chi connectivity index (χ3n) is 3.41. The molecular weight excluding hydrogens is 300 g/mol. The van der Waals surface area contributed by atoms with Crippen molar-refractivity contribution in [1.82, 2.24) is 20.5 Å². The quantitative estimate of drug-likeness (QED) is 0.575. The molecule has 124 valence electrons. The van der Waals surface area contributed by atoms with E-state index in [2.05, 4.69) is 30.9 Å². The number of morpholine rings is 1. The number of anilines is 1. The van der Waals surface area contributed by atoms with Crippen molar-refractivity contribution in [1.29, 1.82) is 0 Å².